The van der Waals surface area contributed by atoms with Gasteiger partial charge in [0.15, 0.2) is 0 Å². The second-order valence-electron chi connectivity index (χ2n) is 5.21. The highest BCUT2D eigenvalue weighted by atomic mass is 19.4. The first-order chi connectivity index (χ1) is 11.3. The molecule has 0 spiro atoms. The molecule has 5 nitrogen and oxygen atoms in total. The van der Waals surface area contributed by atoms with Crippen molar-refractivity contribution in [3.8, 4) is 5.75 Å². The van der Waals surface area contributed by atoms with E-state index in [1.165, 1.54) is 16.9 Å². The van der Waals surface area contributed by atoms with E-state index in [4.69, 9.17) is 4.74 Å². The number of halogens is 3. The number of amides is 1. The largest absolute Gasteiger partial charge is 0.491 e. The Hall–Kier alpha value is -2.51. The highest BCUT2D eigenvalue weighted by Crippen LogP contribution is 2.35. The van der Waals surface area contributed by atoms with Gasteiger partial charge in [0.05, 0.1) is 17.9 Å². The monoisotopic (exact) mass is 341 g/mol. The Morgan fingerprint density at radius 1 is 1.42 bits per heavy atom. The van der Waals surface area contributed by atoms with Gasteiger partial charge in [0.1, 0.15) is 11.8 Å². The van der Waals surface area contributed by atoms with Crippen molar-refractivity contribution < 1.29 is 22.7 Å². The number of rotatable bonds is 6. The van der Waals surface area contributed by atoms with Crippen LogP contribution in [0.4, 0.5) is 18.9 Å². The molecule has 0 aliphatic carbocycles. The van der Waals surface area contributed by atoms with E-state index in [1.807, 2.05) is 6.92 Å². The lowest BCUT2D eigenvalue weighted by Gasteiger charge is -2.17. The molecule has 0 saturated carbocycles. The highest BCUT2D eigenvalue weighted by molar-refractivity contribution is 5.94. The summed E-state index contributed by atoms with van der Waals surface area (Å²) in [5, 5.41) is 6.45. The molecule has 0 fully saturated rings. The second-order valence-corrected chi connectivity index (χ2v) is 5.21. The van der Waals surface area contributed by atoms with Crippen molar-refractivity contribution in [2.75, 3.05) is 11.9 Å². The van der Waals surface area contributed by atoms with Crippen molar-refractivity contribution >= 4 is 11.6 Å². The third kappa shape index (κ3) is 4.27. The number of hydrogen-bond acceptors (Lipinski definition) is 3. The van der Waals surface area contributed by atoms with Crippen molar-refractivity contribution in [2.24, 2.45) is 0 Å². The summed E-state index contributed by atoms with van der Waals surface area (Å²) in [5.41, 5.74) is -0.865. The quantitative estimate of drug-likeness (QED) is 0.867. The van der Waals surface area contributed by atoms with Crippen LogP contribution < -0.4 is 10.1 Å². The zero-order chi connectivity index (χ0) is 17.7. The lowest BCUT2D eigenvalue weighted by atomic mass is 10.1. The lowest BCUT2D eigenvalue weighted by Crippen LogP contribution is -2.24. The average molecular weight is 341 g/mol. The van der Waals surface area contributed by atoms with Crippen LogP contribution in [0, 0.1) is 0 Å². The smallest absolute Gasteiger partial charge is 0.416 e. The van der Waals surface area contributed by atoms with Crippen LogP contribution in [0.3, 0.4) is 0 Å². The number of aromatic nitrogens is 2. The summed E-state index contributed by atoms with van der Waals surface area (Å²) >= 11 is 0. The van der Waals surface area contributed by atoms with Crippen molar-refractivity contribution in [1.29, 1.82) is 0 Å². The van der Waals surface area contributed by atoms with E-state index in [-0.39, 0.29) is 11.4 Å². The van der Waals surface area contributed by atoms with Crippen molar-refractivity contribution in [3.63, 3.8) is 0 Å². The number of carbonyl (C=O) groups is 1. The minimum Gasteiger partial charge on any atom is -0.491 e. The number of hydrogen-bond donors (Lipinski definition) is 1. The van der Waals surface area contributed by atoms with Gasteiger partial charge in [-0.15, -0.1) is 0 Å². The van der Waals surface area contributed by atoms with Crippen LogP contribution in [0.25, 0.3) is 0 Å². The molecule has 0 bridgehead atoms. The van der Waals surface area contributed by atoms with Gasteiger partial charge >= 0.3 is 6.18 Å². The summed E-state index contributed by atoms with van der Waals surface area (Å²) in [6, 6.07) is 4.00. The normalized spacial score (nSPS) is 12.7. The maximum atomic E-state index is 12.9. The van der Waals surface area contributed by atoms with E-state index in [2.05, 4.69) is 10.4 Å². The van der Waals surface area contributed by atoms with Gasteiger partial charge in [0.2, 0.25) is 5.91 Å². The van der Waals surface area contributed by atoms with Crippen LogP contribution in [0.15, 0.2) is 36.7 Å². The molecule has 1 unspecified atom stereocenters. The van der Waals surface area contributed by atoms with Gasteiger partial charge in [-0.3, -0.25) is 9.48 Å². The van der Waals surface area contributed by atoms with E-state index in [0.29, 0.717) is 13.0 Å². The number of nitrogens with one attached hydrogen (secondary N) is 1. The van der Waals surface area contributed by atoms with Gasteiger partial charge in [-0.25, -0.2) is 0 Å². The van der Waals surface area contributed by atoms with E-state index < -0.39 is 23.7 Å². The first-order valence-corrected chi connectivity index (χ1v) is 7.47. The van der Waals surface area contributed by atoms with Gasteiger partial charge in [-0.05, 0) is 37.6 Å². The van der Waals surface area contributed by atoms with Gasteiger partial charge in [0, 0.05) is 12.4 Å². The minimum atomic E-state index is -4.50. The number of nitrogens with zero attached hydrogens (tertiary/aromatic N) is 2. The fourth-order valence-corrected chi connectivity index (χ4v) is 2.01. The first kappa shape index (κ1) is 17.8. The topological polar surface area (TPSA) is 56.1 Å². The van der Waals surface area contributed by atoms with Gasteiger partial charge < -0.3 is 10.1 Å². The Bertz CT molecular complexity index is 684. The fraction of sp³-hybridized carbons (Fsp3) is 0.375. The van der Waals surface area contributed by atoms with Crippen LogP contribution in [-0.4, -0.2) is 22.3 Å². The van der Waals surface area contributed by atoms with E-state index in [0.717, 1.165) is 12.1 Å². The standard InChI is InChI=1S/C16H18F3N3O2/c1-3-9-24-14-6-5-12(16(17,18)19)10-13(14)21-15(23)11(2)22-8-4-7-20-22/h4-8,10-11H,3,9H2,1-2H3,(H,21,23). The molecule has 1 aromatic heterocycles. The summed E-state index contributed by atoms with van der Waals surface area (Å²) in [5.74, 6) is -0.287. The van der Waals surface area contributed by atoms with E-state index in [1.54, 1.807) is 19.2 Å². The molecule has 1 aromatic carbocycles. The molecule has 8 heteroatoms. The summed E-state index contributed by atoms with van der Waals surface area (Å²) < 4.78 is 45.5. The number of alkyl halides is 3. The summed E-state index contributed by atoms with van der Waals surface area (Å²) in [7, 11) is 0. The molecule has 1 N–H and O–H groups in total. The average Bonchev–Trinajstić information content (AvgIpc) is 3.06. The molecule has 0 aliphatic rings. The zero-order valence-electron chi connectivity index (χ0n) is 13.3. The van der Waals surface area contributed by atoms with Gasteiger partial charge in [-0.2, -0.15) is 18.3 Å². The summed E-state index contributed by atoms with van der Waals surface area (Å²) in [6.45, 7) is 3.81. The summed E-state index contributed by atoms with van der Waals surface area (Å²) in [4.78, 5) is 12.3. The number of carbonyl (C=O) groups excluding carboxylic acids is 1. The maximum Gasteiger partial charge on any atom is 0.416 e. The molecule has 0 aliphatic heterocycles. The fourth-order valence-electron chi connectivity index (χ4n) is 2.01. The Balaban J connectivity index is 2.26. The number of anilines is 1. The Labute approximate surface area is 137 Å². The third-order valence-corrected chi connectivity index (χ3v) is 3.33. The number of ether oxygens (including phenoxy) is 1. The number of benzene rings is 1. The molecule has 24 heavy (non-hydrogen) atoms. The molecule has 0 saturated heterocycles. The maximum absolute atomic E-state index is 12.9. The predicted molar refractivity (Wildman–Crippen MR) is 82.8 cm³/mol. The van der Waals surface area contributed by atoms with Crippen LogP contribution in [-0.2, 0) is 11.0 Å². The molecule has 0 radical (unpaired) electrons. The molecular weight excluding hydrogens is 323 g/mol. The van der Waals surface area contributed by atoms with Crippen LogP contribution in [0.1, 0.15) is 31.9 Å². The molecule has 1 atom stereocenters. The van der Waals surface area contributed by atoms with E-state index >= 15 is 0 Å². The molecule has 130 valence electrons. The van der Waals surface area contributed by atoms with Gasteiger partial charge in [-0.1, -0.05) is 6.92 Å². The van der Waals surface area contributed by atoms with Crippen LogP contribution in [0.2, 0.25) is 0 Å². The highest BCUT2D eigenvalue weighted by Gasteiger charge is 2.31. The predicted octanol–water partition coefficient (Wildman–Crippen LogP) is 3.89. The summed E-state index contributed by atoms with van der Waals surface area (Å²) in [6.07, 6.45) is -0.691. The second kappa shape index (κ2) is 7.37. The third-order valence-electron chi connectivity index (χ3n) is 3.33. The van der Waals surface area contributed by atoms with Crippen LogP contribution in [0.5, 0.6) is 5.75 Å². The van der Waals surface area contributed by atoms with Crippen LogP contribution >= 0.6 is 0 Å². The van der Waals surface area contributed by atoms with Crippen molar-refractivity contribution in [2.45, 2.75) is 32.5 Å². The van der Waals surface area contributed by atoms with Gasteiger partial charge in [0.25, 0.3) is 0 Å². The molecule has 1 heterocycles. The SMILES string of the molecule is CCCOc1ccc(C(F)(F)F)cc1NC(=O)C(C)n1cccn1. The molecule has 2 rings (SSSR count). The Morgan fingerprint density at radius 3 is 2.75 bits per heavy atom. The van der Waals surface area contributed by atoms with Crippen molar-refractivity contribution in [3.05, 3.63) is 42.2 Å². The molecule has 1 amide bonds. The first-order valence-electron chi connectivity index (χ1n) is 7.47. The molecular formula is C16H18F3N3O2. The zero-order valence-corrected chi connectivity index (χ0v) is 13.3. The Morgan fingerprint density at radius 2 is 2.17 bits per heavy atom. The Kier molecular flexibility index (Phi) is 5.48. The molecule has 2 aromatic rings. The lowest BCUT2D eigenvalue weighted by molar-refractivity contribution is -0.137. The minimum absolute atomic E-state index is 0.0118. The van der Waals surface area contributed by atoms with E-state index in [9.17, 15) is 18.0 Å². The van der Waals surface area contributed by atoms with Crippen molar-refractivity contribution in [1.82, 2.24) is 9.78 Å².